The number of nitro groups is 1. The standard InChI is InChI=1S/C19H20N2O8S/c1-4-19(2,18(23)28-3)20-17(22)13-8-10-15(11-9-13)29-30(26,27)16-7-5-6-14(12-16)21(24)25/h5-12H,4H2,1-3H3,(H,20,22). The highest BCUT2D eigenvalue weighted by atomic mass is 32.2. The number of methoxy groups -OCH3 is 1. The molecule has 1 atom stereocenters. The van der Waals surface area contributed by atoms with E-state index in [0.29, 0.717) is 6.42 Å². The van der Waals surface area contributed by atoms with Gasteiger partial charge in [-0.1, -0.05) is 13.0 Å². The predicted octanol–water partition coefficient (Wildman–Crippen LogP) is 2.43. The van der Waals surface area contributed by atoms with E-state index < -0.39 is 38.1 Å². The zero-order valence-corrected chi connectivity index (χ0v) is 17.3. The second-order valence-corrected chi connectivity index (χ2v) is 7.99. The molecule has 0 spiro atoms. The van der Waals surface area contributed by atoms with Crippen molar-refractivity contribution in [3.05, 3.63) is 64.2 Å². The number of hydrogen-bond donors (Lipinski definition) is 1. The summed E-state index contributed by atoms with van der Waals surface area (Å²) < 4.78 is 34.4. The molecular weight excluding hydrogens is 416 g/mol. The molecular formula is C19H20N2O8S. The molecule has 11 heteroatoms. The Balaban J connectivity index is 2.17. The summed E-state index contributed by atoms with van der Waals surface area (Å²) in [5, 5.41) is 13.4. The SMILES string of the molecule is CCC(C)(NC(=O)c1ccc(OS(=O)(=O)c2cccc([N+](=O)[O-])c2)cc1)C(=O)OC. The summed E-state index contributed by atoms with van der Waals surface area (Å²) in [5.41, 5.74) is -1.44. The fourth-order valence-corrected chi connectivity index (χ4v) is 3.39. The van der Waals surface area contributed by atoms with Crippen molar-refractivity contribution in [1.82, 2.24) is 5.32 Å². The number of esters is 1. The molecule has 2 rings (SSSR count). The number of amides is 1. The molecule has 0 fully saturated rings. The highest BCUT2D eigenvalue weighted by molar-refractivity contribution is 7.87. The first-order chi connectivity index (χ1) is 14.0. The van der Waals surface area contributed by atoms with Crippen LogP contribution < -0.4 is 9.50 Å². The van der Waals surface area contributed by atoms with Crippen LogP contribution in [0.4, 0.5) is 5.69 Å². The van der Waals surface area contributed by atoms with E-state index in [9.17, 15) is 28.1 Å². The Hall–Kier alpha value is -3.47. The summed E-state index contributed by atoms with van der Waals surface area (Å²) in [4.78, 5) is 34.0. The number of nitrogens with one attached hydrogen (secondary N) is 1. The average Bonchev–Trinajstić information content (AvgIpc) is 2.73. The van der Waals surface area contributed by atoms with Gasteiger partial charge >= 0.3 is 16.1 Å². The fraction of sp³-hybridized carbons (Fsp3) is 0.263. The van der Waals surface area contributed by atoms with Gasteiger partial charge in [-0.15, -0.1) is 0 Å². The average molecular weight is 436 g/mol. The Bertz CT molecular complexity index is 1070. The van der Waals surface area contributed by atoms with Gasteiger partial charge in [-0.2, -0.15) is 8.42 Å². The maximum Gasteiger partial charge on any atom is 0.339 e. The number of nitro benzene ring substituents is 1. The van der Waals surface area contributed by atoms with Crippen LogP contribution in [0.5, 0.6) is 5.75 Å². The maximum atomic E-state index is 12.4. The van der Waals surface area contributed by atoms with E-state index in [1.54, 1.807) is 6.92 Å². The highest BCUT2D eigenvalue weighted by Crippen LogP contribution is 2.23. The van der Waals surface area contributed by atoms with Gasteiger partial charge in [-0.05, 0) is 43.7 Å². The van der Waals surface area contributed by atoms with E-state index >= 15 is 0 Å². The predicted molar refractivity (Wildman–Crippen MR) is 106 cm³/mol. The fourth-order valence-electron chi connectivity index (χ4n) is 2.42. The number of benzene rings is 2. The van der Waals surface area contributed by atoms with Crippen LogP contribution >= 0.6 is 0 Å². The Kier molecular flexibility index (Phi) is 6.77. The largest absolute Gasteiger partial charge is 0.467 e. The minimum Gasteiger partial charge on any atom is -0.467 e. The zero-order chi connectivity index (χ0) is 22.5. The van der Waals surface area contributed by atoms with E-state index in [1.807, 2.05) is 0 Å². The van der Waals surface area contributed by atoms with Crippen LogP contribution in [0.1, 0.15) is 30.6 Å². The quantitative estimate of drug-likeness (QED) is 0.288. The summed E-state index contributed by atoms with van der Waals surface area (Å²) in [6.07, 6.45) is 0.300. The van der Waals surface area contributed by atoms with Gasteiger partial charge in [0.15, 0.2) is 0 Å². The first-order valence-corrected chi connectivity index (χ1v) is 10.1. The van der Waals surface area contributed by atoms with Crippen LogP contribution in [0, 0.1) is 10.1 Å². The third kappa shape index (κ3) is 5.11. The molecule has 0 saturated heterocycles. The van der Waals surface area contributed by atoms with Gasteiger partial charge in [0.05, 0.1) is 12.0 Å². The summed E-state index contributed by atoms with van der Waals surface area (Å²) in [6, 6.07) is 9.59. The van der Waals surface area contributed by atoms with Crippen molar-refractivity contribution < 1.29 is 31.9 Å². The number of carbonyl (C=O) groups is 2. The monoisotopic (exact) mass is 436 g/mol. The van der Waals surface area contributed by atoms with Gasteiger partial charge < -0.3 is 14.2 Å². The number of hydrogen-bond acceptors (Lipinski definition) is 8. The molecule has 160 valence electrons. The number of rotatable bonds is 8. The number of nitrogens with zero attached hydrogens (tertiary/aromatic N) is 1. The van der Waals surface area contributed by atoms with Crippen molar-refractivity contribution in [3.8, 4) is 5.75 Å². The van der Waals surface area contributed by atoms with Crippen molar-refractivity contribution in [2.45, 2.75) is 30.7 Å². The van der Waals surface area contributed by atoms with Gasteiger partial charge in [0.1, 0.15) is 16.2 Å². The Morgan fingerprint density at radius 3 is 2.33 bits per heavy atom. The van der Waals surface area contributed by atoms with Crippen LogP contribution in [0.3, 0.4) is 0 Å². The molecule has 0 aliphatic carbocycles. The summed E-state index contributed by atoms with van der Waals surface area (Å²) in [7, 11) is -3.10. The van der Waals surface area contributed by atoms with Gasteiger partial charge in [0.2, 0.25) is 0 Å². The minimum absolute atomic E-state index is 0.0933. The van der Waals surface area contributed by atoms with Crippen LogP contribution in [-0.2, 0) is 19.6 Å². The Labute approximate surface area is 173 Å². The second kappa shape index (κ2) is 8.91. The topological polar surface area (TPSA) is 142 Å². The molecule has 0 radical (unpaired) electrons. The molecule has 10 nitrogen and oxygen atoms in total. The first-order valence-electron chi connectivity index (χ1n) is 8.72. The van der Waals surface area contributed by atoms with Crippen molar-refractivity contribution in [3.63, 3.8) is 0 Å². The summed E-state index contributed by atoms with van der Waals surface area (Å²) >= 11 is 0. The molecule has 2 aromatic rings. The van der Waals surface area contributed by atoms with Crippen molar-refractivity contribution in [2.24, 2.45) is 0 Å². The lowest BCUT2D eigenvalue weighted by Crippen LogP contribution is -2.52. The number of non-ortho nitro benzene ring substituents is 1. The molecule has 1 amide bonds. The molecule has 0 aromatic heterocycles. The van der Waals surface area contributed by atoms with Gasteiger partial charge in [0, 0.05) is 17.7 Å². The molecule has 30 heavy (non-hydrogen) atoms. The van der Waals surface area contributed by atoms with Crippen LogP contribution in [-0.4, -0.2) is 37.9 Å². The molecule has 0 bridgehead atoms. The van der Waals surface area contributed by atoms with E-state index in [0.717, 1.165) is 12.1 Å². The lowest BCUT2D eigenvalue weighted by molar-refractivity contribution is -0.385. The minimum atomic E-state index is -4.32. The van der Waals surface area contributed by atoms with Crippen molar-refractivity contribution >= 4 is 27.7 Å². The lowest BCUT2D eigenvalue weighted by Gasteiger charge is -2.26. The lowest BCUT2D eigenvalue weighted by atomic mass is 9.98. The molecule has 1 unspecified atom stereocenters. The van der Waals surface area contributed by atoms with Gasteiger partial charge in [-0.3, -0.25) is 14.9 Å². The van der Waals surface area contributed by atoms with Crippen LogP contribution in [0.15, 0.2) is 53.4 Å². The van der Waals surface area contributed by atoms with Gasteiger partial charge in [0.25, 0.3) is 11.6 Å². The molecule has 2 aromatic carbocycles. The second-order valence-electron chi connectivity index (χ2n) is 6.45. The third-order valence-corrected chi connectivity index (χ3v) is 5.62. The van der Waals surface area contributed by atoms with Crippen molar-refractivity contribution in [1.29, 1.82) is 0 Å². The smallest absolute Gasteiger partial charge is 0.339 e. The zero-order valence-electron chi connectivity index (χ0n) is 16.4. The summed E-state index contributed by atoms with van der Waals surface area (Å²) in [5.74, 6) is -1.25. The molecule has 0 saturated carbocycles. The van der Waals surface area contributed by atoms with Crippen LogP contribution in [0.2, 0.25) is 0 Å². The summed E-state index contributed by atoms with van der Waals surface area (Å²) in [6.45, 7) is 3.24. The van der Waals surface area contributed by atoms with Gasteiger partial charge in [-0.25, -0.2) is 4.79 Å². The number of carbonyl (C=O) groups excluding carboxylic acids is 2. The first kappa shape index (κ1) is 22.8. The number of ether oxygens (including phenoxy) is 1. The molecule has 0 aliphatic rings. The molecule has 0 aliphatic heterocycles. The van der Waals surface area contributed by atoms with Crippen molar-refractivity contribution in [2.75, 3.05) is 7.11 Å². The highest BCUT2D eigenvalue weighted by Gasteiger charge is 2.34. The Morgan fingerprint density at radius 1 is 1.17 bits per heavy atom. The Morgan fingerprint density at radius 2 is 1.80 bits per heavy atom. The maximum absolute atomic E-state index is 12.4. The van der Waals surface area contributed by atoms with E-state index in [1.165, 1.54) is 50.4 Å². The van der Waals surface area contributed by atoms with E-state index in [-0.39, 0.29) is 16.2 Å². The third-order valence-electron chi connectivity index (χ3n) is 4.37. The van der Waals surface area contributed by atoms with E-state index in [4.69, 9.17) is 8.92 Å². The normalized spacial score (nSPS) is 13.0. The molecule has 1 N–H and O–H groups in total. The van der Waals surface area contributed by atoms with Crippen LogP contribution in [0.25, 0.3) is 0 Å². The van der Waals surface area contributed by atoms with E-state index in [2.05, 4.69) is 5.32 Å². The molecule has 0 heterocycles.